The molecular formula is C22H16ClFN4O2. The number of aryl methyl sites for hydroxylation is 1. The summed E-state index contributed by atoms with van der Waals surface area (Å²) in [6.45, 7) is 2.81. The molecule has 5 rings (SSSR count). The highest BCUT2D eigenvalue weighted by atomic mass is 35.5. The van der Waals surface area contributed by atoms with Crippen molar-refractivity contribution in [2.45, 2.75) is 13.5 Å². The van der Waals surface area contributed by atoms with Gasteiger partial charge in [0.15, 0.2) is 17.4 Å². The Balaban J connectivity index is 1.57. The lowest BCUT2D eigenvalue weighted by Gasteiger charge is -2.09. The molecule has 3 heterocycles. The molecule has 6 nitrogen and oxygen atoms in total. The average molecular weight is 423 g/mol. The zero-order valence-electron chi connectivity index (χ0n) is 16.0. The molecule has 2 aromatic carbocycles. The van der Waals surface area contributed by atoms with Gasteiger partial charge in [0.05, 0.1) is 17.1 Å². The normalized spacial score (nSPS) is 12.5. The second-order valence-corrected chi connectivity index (χ2v) is 7.26. The Morgan fingerprint density at radius 1 is 1.10 bits per heavy atom. The van der Waals surface area contributed by atoms with Gasteiger partial charge in [-0.3, -0.25) is 9.55 Å². The summed E-state index contributed by atoms with van der Waals surface area (Å²) in [5.74, 6) is 0.643. The van der Waals surface area contributed by atoms with Crippen LogP contribution >= 0.6 is 11.6 Å². The van der Waals surface area contributed by atoms with Crippen molar-refractivity contribution >= 4 is 11.6 Å². The van der Waals surface area contributed by atoms with Crippen molar-refractivity contribution in [1.29, 1.82) is 0 Å². The van der Waals surface area contributed by atoms with Crippen molar-refractivity contribution < 1.29 is 13.9 Å². The number of ether oxygens (including phenoxy) is 2. The van der Waals surface area contributed by atoms with Gasteiger partial charge in [-0.1, -0.05) is 28.8 Å². The molecule has 2 aromatic heterocycles. The molecule has 0 amide bonds. The van der Waals surface area contributed by atoms with Gasteiger partial charge < -0.3 is 9.47 Å². The molecule has 1 aliphatic heterocycles. The third-order valence-electron chi connectivity index (χ3n) is 4.86. The summed E-state index contributed by atoms with van der Waals surface area (Å²) in [6.07, 6.45) is 1.78. The standard InChI is InChI=1S/C22H16ClFN4O2/c1-13-11-15(7-8-25-13)14-5-6-18-16(12-14)21-26-27-22(28(21)9-10-29-18)30-19-4-2-3-17(23)20(19)24/h2-8,11-12H,9-10H2,1H3. The summed E-state index contributed by atoms with van der Waals surface area (Å²) in [6, 6.07) is 14.6. The van der Waals surface area contributed by atoms with E-state index in [4.69, 9.17) is 21.1 Å². The van der Waals surface area contributed by atoms with Gasteiger partial charge in [0, 0.05) is 11.9 Å². The summed E-state index contributed by atoms with van der Waals surface area (Å²) in [5, 5.41) is 8.42. The van der Waals surface area contributed by atoms with Crippen LogP contribution in [0.25, 0.3) is 22.5 Å². The average Bonchev–Trinajstić information content (AvgIpc) is 3.04. The molecule has 0 atom stereocenters. The quantitative estimate of drug-likeness (QED) is 0.448. The summed E-state index contributed by atoms with van der Waals surface area (Å²) in [5.41, 5.74) is 3.76. The second kappa shape index (κ2) is 7.42. The monoisotopic (exact) mass is 422 g/mol. The third kappa shape index (κ3) is 3.27. The van der Waals surface area contributed by atoms with Crippen LogP contribution in [0.15, 0.2) is 54.7 Å². The molecule has 150 valence electrons. The van der Waals surface area contributed by atoms with Gasteiger partial charge in [-0.15, -0.1) is 5.10 Å². The van der Waals surface area contributed by atoms with Crippen LogP contribution in [0, 0.1) is 12.7 Å². The van der Waals surface area contributed by atoms with E-state index in [0.29, 0.717) is 24.7 Å². The Bertz CT molecular complexity index is 1260. The zero-order valence-corrected chi connectivity index (χ0v) is 16.7. The van der Waals surface area contributed by atoms with Crippen molar-refractivity contribution in [3.8, 4) is 40.0 Å². The summed E-state index contributed by atoms with van der Waals surface area (Å²) >= 11 is 5.85. The van der Waals surface area contributed by atoms with Crippen molar-refractivity contribution in [2.75, 3.05) is 6.61 Å². The second-order valence-electron chi connectivity index (χ2n) is 6.86. The van der Waals surface area contributed by atoms with Crippen LogP contribution in [0.4, 0.5) is 4.39 Å². The predicted molar refractivity (Wildman–Crippen MR) is 110 cm³/mol. The molecule has 0 aliphatic carbocycles. The van der Waals surface area contributed by atoms with Gasteiger partial charge in [-0.2, -0.15) is 0 Å². The molecule has 0 spiro atoms. The first-order chi connectivity index (χ1) is 14.6. The molecule has 1 aliphatic rings. The summed E-state index contributed by atoms with van der Waals surface area (Å²) < 4.78 is 27.6. The van der Waals surface area contributed by atoms with Crippen LogP contribution in [0.1, 0.15) is 5.69 Å². The minimum Gasteiger partial charge on any atom is -0.491 e. The fraction of sp³-hybridized carbons (Fsp3) is 0.136. The first-order valence-electron chi connectivity index (χ1n) is 9.35. The van der Waals surface area contributed by atoms with Crippen LogP contribution in [0.2, 0.25) is 5.02 Å². The zero-order chi connectivity index (χ0) is 20.7. The molecule has 0 saturated carbocycles. The number of hydrogen-bond acceptors (Lipinski definition) is 5. The van der Waals surface area contributed by atoms with Crippen LogP contribution in [-0.4, -0.2) is 26.4 Å². The molecule has 0 fully saturated rings. The van der Waals surface area contributed by atoms with E-state index in [9.17, 15) is 4.39 Å². The number of aromatic nitrogens is 4. The molecule has 0 unspecified atom stereocenters. The molecule has 0 N–H and O–H groups in total. The number of benzene rings is 2. The molecule has 30 heavy (non-hydrogen) atoms. The van der Waals surface area contributed by atoms with E-state index < -0.39 is 5.82 Å². The predicted octanol–water partition coefficient (Wildman–Crippen LogP) is 5.29. The minimum atomic E-state index is -0.642. The molecular weight excluding hydrogens is 407 g/mol. The van der Waals surface area contributed by atoms with Crippen LogP contribution in [0.5, 0.6) is 17.5 Å². The summed E-state index contributed by atoms with van der Waals surface area (Å²) in [7, 11) is 0. The van der Waals surface area contributed by atoms with Gasteiger partial charge in [0.1, 0.15) is 12.4 Å². The maximum absolute atomic E-state index is 14.3. The lowest BCUT2D eigenvalue weighted by molar-refractivity contribution is 0.295. The van der Waals surface area contributed by atoms with E-state index in [0.717, 1.165) is 22.4 Å². The first-order valence-corrected chi connectivity index (χ1v) is 9.73. The minimum absolute atomic E-state index is 0.0101. The molecule has 0 saturated heterocycles. The summed E-state index contributed by atoms with van der Waals surface area (Å²) in [4.78, 5) is 4.25. The van der Waals surface area contributed by atoms with Gasteiger partial charge in [-0.25, -0.2) is 4.39 Å². The molecule has 0 radical (unpaired) electrons. The molecule has 8 heteroatoms. The van der Waals surface area contributed by atoms with Crippen LogP contribution < -0.4 is 9.47 Å². The fourth-order valence-electron chi connectivity index (χ4n) is 3.41. The van der Waals surface area contributed by atoms with Crippen LogP contribution in [0.3, 0.4) is 0 Å². The highest BCUT2D eigenvalue weighted by Gasteiger charge is 2.23. The van der Waals surface area contributed by atoms with Crippen molar-refractivity contribution in [3.05, 3.63) is 71.3 Å². The lowest BCUT2D eigenvalue weighted by Crippen LogP contribution is -2.07. The van der Waals surface area contributed by atoms with E-state index in [1.54, 1.807) is 16.8 Å². The van der Waals surface area contributed by atoms with E-state index >= 15 is 0 Å². The van der Waals surface area contributed by atoms with Gasteiger partial charge in [0.2, 0.25) is 0 Å². The van der Waals surface area contributed by atoms with Crippen molar-refractivity contribution in [3.63, 3.8) is 0 Å². The number of nitrogens with zero attached hydrogens (tertiary/aromatic N) is 4. The Morgan fingerprint density at radius 2 is 1.97 bits per heavy atom. The topological polar surface area (TPSA) is 62.1 Å². The Kier molecular flexibility index (Phi) is 4.59. The van der Waals surface area contributed by atoms with Crippen molar-refractivity contribution in [2.24, 2.45) is 0 Å². The Morgan fingerprint density at radius 3 is 2.83 bits per heavy atom. The van der Waals surface area contributed by atoms with Crippen LogP contribution in [-0.2, 0) is 6.54 Å². The largest absolute Gasteiger partial charge is 0.491 e. The molecule has 0 bridgehead atoms. The Hall–Kier alpha value is -3.45. The van der Waals surface area contributed by atoms with Gasteiger partial charge in [0.25, 0.3) is 0 Å². The highest BCUT2D eigenvalue weighted by Crippen LogP contribution is 2.37. The van der Waals surface area contributed by atoms with E-state index in [1.165, 1.54) is 12.1 Å². The highest BCUT2D eigenvalue weighted by molar-refractivity contribution is 6.30. The number of halogens is 2. The smallest absolute Gasteiger partial charge is 0.323 e. The number of fused-ring (bicyclic) bond motifs is 3. The first kappa shape index (κ1) is 18.6. The van der Waals surface area contributed by atoms with E-state index in [-0.39, 0.29) is 16.8 Å². The van der Waals surface area contributed by atoms with Gasteiger partial charge in [-0.05, 0) is 54.4 Å². The molecule has 4 aromatic rings. The Labute approximate surface area is 176 Å². The van der Waals surface area contributed by atoms with Gasteiger partial charge >= 0.3 is 6.01 Å². The number of hydrogen-bond donors (Lipinski definition) is 0. The number of pyridine rings is 1. The fourth-order valence-corrected chi connectivity index (χ4v) is 3.57. The van der Waals surface area contributed by atoms with E-state index in [2.05, 4.69) is 15.2 Å². The van der Waals surface area contributed by atoms with Crippen molar-refractivity contribution in [1.82, 2.24) is 19.7 Å². The van der Waals surface area contributed by atoms with E-state index in [1.807, 2.05) is 37.3 Å². The third-order valence-corrected chi connectivity index (χ3v) is 5.15. The maximum atomic E-state index is 14.3. The maximum Gasteiger partial charge on any atom is 0.323 e. The number of rotatable bonds is 3. The SMILES string of the molecule is Cc1cc(-c2ccc3c(c2)-c2nnc(Oc4cccc(Cl)c4F)n2CCO3)ccn1. The lowest BCUT2D eigenvalue weighted by atomic mass is 10.0.